The minimum atomic E-state index is -0.852. The van der Waals surface area contributed by atoms with Crippen LogP contribution in [0.4, 0.5) is 0 Å². The van der Waals surface area contributed by atoms with Crippen LogP contribution in [0.3, 0.4) is 0 Å². The van der Waals surface area contributed by atoms with E-state index in [1.807, 2.05) is 31.2 Å². The molecule has 0 aromatic heterocycles. The van der Waals surface area contributed by atoms with Gasteiger partial charge in [0, 0.05) is 5.57 Å². The molecule has 0 saturated carbocycles. The van der Waals surface area contributed by atoms with E-state index in [9.17, 15) is 9.90 Å². The Kier molecular flexibility index (Phi) is 3.44. The molecule has 1 N–H and O–H groups in total. The first kappa shape index (κ1) is 13.4. The summed E-state index contributed by atoms with van der Waals surface area (Å²) >= 11 is 0. The van der Waals surface area contributed by atoms with Crippen molar-refractivity contribution in [3.05, 3.63) is 65.7 Å². The van der Waals surface area contributed by atoms with E-state index in [1.165, 1.54) is 10.8 Å². The van der Waals surface area contributed by atoms with Crippen molar-refractivity contribution >= 4 is 33.6 Å². The number of hydrogen-bond donors (Lipinski definition) is 1. The minimum absolute atomic E-state index is 0.427. The number of carboxylic acids is 1. The fourth-order valence-electron chi connectivity index (χ4n) is 2.62. The SMILES string of the molecule is CCC(=Cc1cccc2cc3ccccc3cc12)C(=O)O. The number of rotatable bonds is 3. The summed E-state index contributed by atoms with van der Waals surface area (Å²) in [6, 6.07) is 18.5. The van der Waals surface area contributed by atoms with E-state index in [4.69, 9.17) is 0 Å². The van der Waals surface area contributed by atoms with Crippen LogP contribution in [0.15, 0.2) is 60.2 Å². The van der Waals surface area contributed by atoms with Crippen LogP contribution < -0.4 is 0 Å². The van der Waals surface area contributed by atoms with Gasteiger partial charge in [-0.15, -0.1) is 0 Å². The van der Waals surface area contributed by atoms with E-state index in [1.54, 1.807) is 6.08 Å². The third kappa shape index (κ3) is 2.52. The van der Waals surface area contributed by atoms with Gasteiger partial charge in [-0.25, -0.2) is 4.79 Å². The zero-order valence-electron chi connectivity index (χ0n) is 11.8. The van der Waals surface area contributed by atoms with Crippen molar-refractivity contribution in [3.63, 3.8) is 0 Å². The smallest absolute Gasteiger partial charge is 0.331 e. The molecule has 0 fully saturated rings. The highest BCUT2D eigenvalue weighted by atomic mass is 16.4. The van der Waals surface area contributed by atoms with E-state index >= 15 is 0 Å². The molecular weight excluding hydrogens is 260 g/mol. The molecule has 0 aliphatic heterocycles. The van der Waals surface area contributed by atoms with Gasteiger partial charge in [-0.2, -0.15) is 0 Å². The highest BCUT2D eigenvalue weighted by Gasteiger charge is 2.07. The molecule has 3 aromatic rings. The molecule has 0 aliphatic rings. The van der Waals surface area contributed by atoms with Crippen molar-refractivity contribution < 1.29 is 9.90 Å². The lowest BCUT2D eigenvalue weighted by atomic mass is 9.98. The molecule has 0 heterocycles. The van der Waals surface area contributed by atoms with Crippen molar-refractivity contribution in [3.8, 4) is 0 Å². The van der Waals surface area contributed by atoms with Gasteiger partial charge in [-0.3, -0.25) is 0 Å². The van der Waals surface area contributed by atoms with Gasteiger partial charge < -0.3 is 5.11 Å². The molecule has 2 heteroatoms. The van der Waals surface area contributed by atoms with Gasteiger partial charge in [0.05, 0.1) is 0 Å². The molecule has 0 unspecified atom stereocenters. The predicted octanol–water partition coefficient (Wildman–Crippen LogP) is 4.87. The molecule has 0 atom stereocenters. The average Bonchev–Trinajstić information content (AvgIpc) is 2.50. The lowest BCUT2D eigenvalue weighted by Gasteiger charge is -2.06. The monoisotopic (exact) mass is 276 g/mol. The first-order chi connectivity index (χ1) is 10.2. The highest BCUT2D eigenvalue weighted by molar-refractivity contribution is 6.03. The van der Waals surface area contributed by atoms with Crippen molar-refractivity contribution in [2.75, 3.05) is 0 Å². The summed E-state index contributed by atoms with van der Waals surface area (Å²) in [5.74, 6) is -0.852. The van der Waals surface area contributed by atoms with Gasteiger partial charge in [0.1, 0.15) is 0 Å². The van der Waals surface area contributed by atoms with Crippen LogP contribution in [-0.4, -0.2) is 11.1 Å². The Balaban J connectivity index is 2.28. The van der Waals surface area contributed by atoms with E-state index in [0.29, 0.717) is 12.0 Å². The van der Waals surface area contributed by atoms with Crippen molar-refractivity contribution in [1.29, 1.82) is 0 Å². The fraction of sp³-hybridized carbons (Fsp3) is 0.105. The number of aliphatic carboxylic acids is 1. The van der Waals surface area contributed by atoms with E-state index < -0.39 is 5.97 Å². The maximum atomic E-state index is 11.2. The van der Waals surface area contributed by atoms with Gasteiger partial charge in [0.25, 0.3) is 0 Å². The third-order valence-corrected chi connectivity index (χ3v) is 3.77. The molecule has 21 heavy (non-hydrogen) atoms. The number of carboxylic acid groups (broad SMARTS) is 1. The van der Waals surface area contributed by atoms with E-state index in [2.05, 4.69) is 30.3 Å². The summed E-state index contributed by atoms with van der Waals surface area (Å²) in [5.41, 5.74) is 1.38. The Bertz CT molecular complexity index is 860. The maximum Gasteiger partial charge on any atom is 0.331 e. The van der Waals surface area contributed by atoms with Gasteiger partial charge in [0.2, 0.25) is 0 Å². The first-order valence-corrected chi connectivity index (χ1v) is 7.04. The predicted molar refractivity (Wildman–Crippen MR) is 87.4 cm³/mol. The second-order valence-electron chi connectivity index (χ2n) is 5.10. The third-order valence-electron chi connectivity index (χ3n) is 3.77. The summed E-state index contributed by atoms with van der Waals surface area (Å²) in [6.07, 6.45) is 2.29. The van der Waals surface area contributed by atoms with Gasteiger partial charge >= 0.3 is 5.97 Å². The van der Waals surface area contributed by atoms with E-state index in [-0.39, 0.29) is 0 Å². The van der Waals surface area contributed by atoms with Crippen molar-refractivity contribution in [2.24, 2.45) is 0 Å². The van der Waals surface area contributed by atoms with Gasteiger partial charge in [0.15, 0.2) is 0 Å². The highest BCUT2D eigenvalue weighted by Crippen LogP contribution is 2.27. The van der Waals surface area contributed by atoms with Crippen LogP contribution in [0.2, 0.25) is 0 Å². The van der Waals surface area contributed by atoms with Crippen LogP contribution in [0.25, 0.3) is 27.6 Å². The second-order valence-corrected chi connectivity index (χ2v) is 5.10. The fourth-order valence-corrected chi connectivity index (χ4v) is 2.62. The van der Waals surface area contributed by atoms with Gasteiger partial charge in [-0.1, -0.05) is 49.4 Å². The Hall–Kier alpha value is -2.61. The molecule has 0 spiro atoms. The van der Waals surface area contributed by atoms with Crippen LogP contribution in [0, 0.1) is 0 Å². The van der Waals surface area contributed by atoms with Crippen LogP contribution >= 0.6 is 0 Å². The van der Waals surface area contributed by atoms with Crippen LogP contribution in [-0.2, 0) is 4.79 Å². The summed E-state index contributed by atoms with van der Waals surface area (Å²) in [4.78, 5) is 11.2. The largest absolute Gasteiger partial charge is 0.478 e. The zero-order valence-corrected chi connectivity index (χ0v) is 11.8. The number of carbonyl (C=O) groups is 1. The molecule has 104 valence electrons. The lowest BCUT2D eigenvalue weighted by molar-refractivity contribution is -0.132. The Morgan fingerprint density at radius 2 is 1.67 bits per heavy atom. The molecule has 0 saturated heterocycles. The molecule has 2 nitrogen and oxygen atoms in total. The number of hydrogen-bond acceptors (Lipinski definition) is 1. The number of benzene rings is 3. The molecule has 0 amide bonds. The lowest BCUT2D eigenvalue weighted by Crippen LogP contribution is -1.98. The molecular formula is C19H16O2. The molecule has 3 rings (SSSR count). The standard InChI is InChI=1S/C19H16O2/c1-2-13(19(20)21)10-16-8-5-9-17-11-14-6-3-4-7-15(14)12-18(16)17/h3-12H,2H2,1H3,(H,20,21). The molecule has 0 aliphatic carbocycles. The quantitative estimate of drug-likeness (QED) is 0.547. The van der Waals surface area contributed by atoms with Crippen molar-refractivity contribution in [2.45, 2.75) is 13.3 Å². The summed E-state index contributed by atoms with van der Waals surface area (Å²) in [7, 11) is 0. The molecule has 0 bridgehead atoms. The number of fused-ring (bicyclic) bond motifs is 2. The van der Waals surface area contributed by atoms with E-state index in [0.717, 1.165) is 16.3 Å². The van der Waals surface area contributed by atoms with Gasteiger partial charge in [-0.05, 0) is 51.7 Å². The summed E-state index contributed by atoms with van der Waals surface area (Å²) in [5, 5.41) is 13.8. The molecule has 0 radical (unpaired) electrons. The van der Waals surface area contributed by atoms with Crippen LogP contribution in [0.1, 0.15) is 18.9 Å². The first-order valence-electron chi connectivity index (χ1n) is 7.04. The summed E-state index contributed by atoms with van der Waals surface area (Å²) < 4.78 is 0. The minimum Gasteiger partial charge on any atom is -0.478 e. The Morgan fingerprint density at radius 3 is 2.33 bits per heavy atom. The second kappa shape index (κ2) is 5.41. The van der Waals surface area contributed by atoms with Crippen LogP contribution in [0.5, 0.6) is 0 Å². The van der Waals surface area contributed by atoms with Crippen molar-refractivity contribution in [1.82, 2.24) is 0 Å². The summed E-state index contributed by atoms with van der Waals surface area (Å²) in [6.45, 7) is 1.86. The zero-order chi connectivity index (χ0) is 14.8. The normalized spacial score (nSPS) is 12.0. The average molecular weight is 276 g/mol. The topological polar surface area (TPSA) is 37.3 Å². The molecule has 3 aromatic carbocycles. The maximum absolute atomic E-state index is 11.2. The Morgan fingerprint density at radius 1 is 1.00 bits per heavy atom. The Labute approximate surface area is 123 Å².